The molecule has 0 aliphatic rings. The molecule has 0 bridgehead atoms. The molecule has 0 aliphatic heterocycles. The Kier molecular flexibility index (Phi) is 6.93. The molecule has 3 rings (SSSR count). The Bertz CT molecular complexity index is 1160. The Balaban J connectivity index is 1.75. The summed E-state index contributed by atoms with van der Waals surface area (Å²) in [5.74, 6) is -0.0682. The third-order valence-electron chi connectivity index (χ3n) is 4.71. The molecule has 0 saturated heterocycles. The van der Waals surface area contributed by atoms with Crippen LogP contribution >= 0.6 is 11.8 Å². The zero-order valence-corrected chi connectivity index (χ0v) is 18.5. The van der Waals surface area contributed by atoms with Gasteiger partial charge in [-0.2, -0.15) is 5.26 Å². The fourth-order valence-electron chi connectivity index (χ4n) is 2.94. The molecular formula is C24H24N4O2S. The van der Waals surface area contributed by atoms with Gasteiger partial charge in [0.05, 0.1) is 11.4 Å². The number of hydrogen-bond acceptors (Lipinski definition) is 5. The topological polar surface area (TPSA) is 98.6 Å². The van der Waals surface area contributed by atoms with Gasteiger partial charge in [0.15, 0.2) is 5.16 Å². The summed E-state index contributed by atoms with van der Waals surface area (Å²) in [4.78, 5) is 31.7. The largest absolute Gasteiger partial charge is 0.351 e. The van der Waals surface area contributed by atoms with Crippen molar-refractivity contribution in [3.8, 4) is 17.3 Å². The molecule has 0 aliphatic carbocycles. The van der Waals surface area contributed by atoms with Crippen LogP contribution in [0.4, 0.5) is 0 Å². The molecule has 3 aromatic rings. The van der Waals surface area contributed by atoms with Gasteiger partial charge in [-0.05, 0) is 16.5 Å². The lowest BCUT2D eigenvalue weighted by Crippen LogP contribution is -2.25. The van der Waals surface area contributed by atoms with Gasteiger partial charge < -0.3 is 10.3 Å². The van der Waals surface area contributed by atoms with E-state index in [1.165, 1.54) is 0 Å². The molecule has 0 fully saturated rings. The van der Waals surface area contributed by atoms with Gasteiger partial charge in [0.1, 0.15) is 11.6 Å². The van der Waals surface area contributed by atoms with Gasteiger partial charge in [0.25, 0.3) is 5.56 Å². The zero-order chi connectivity index (χ0) is 22.4. The fraction of sp³-hybridized carbons (Fsp3) is 0.250. The number of carbonyl (C=O) groups is 1. The van der Waals surface area contributed by atoms with Crippen molar-refractivity contribution in [3.05, 3.63) is 81.6 Å². The molecule has 0 unspecified atom stereocenters. The van der Waals surface area contributed by atoms with Gasteiger partial charge in [-0.15, -0.1) is 0 Å². The molecule has 158 valence electrons. The van der Waals surface area contributed by atoms with E-state index in [4.69, 9.17) is 0 Å². The van der Waals surface area contributed by atoms with Crippen LogP contribution in [0.2, 0.25) is 0 Å². The van der Waals surface area contributed by atoms with Gasteiger partial charge in [-0.25, -0.2) is 4.98 Å². The van der Waals surface area contributed by atoms with E-state index in [2.05, 4.69) is 36.1 Å². The predicted molar refractivity (Wildman–Crippen MR) is 123 cm³/mol. The maximum Gasteiger partial charge on any atom is 0.270 e. The molecule has 0 spiro atoms. The summed E-state index contributed by atoms with van der Waals surface area (Å²) in [5, 5.41) is 12.6. The highest BCUT2D eigenvalue weighted by Crippen LogP contribution is 2.27. The normalized spacial score (nSPS) is 11.0. The van der Waals surface area contributed by atoms with Crippen LogP contribution in [0.25, 0.3) is 11.3 Å². The third-order valence-corrected chi connectivity index (χ3v) is 5.58. The van der Waals surface area contributed by atoms with E-state index in [-0.39, 0.29) is 22.6 Å². The summed E-state index contributed by atoms with van der Waals surface area (Å²) in [6.45, 7) is 6.78. The van der Waals surface area contributed by atoms with Gasteiger partial charge in [-0.3, -0.25) is 9.59 Å². The Morgan fingerprint density at radius 2 is 1.81 bits per heavy atom. The SMILES string of the molecule is CC(C)(C)c1ccc(-c2nc(SCC(=O)NCc3ccccc3)[nH]c(=O)c2C#N)cc1. The molecule has 0 saturated carbocycles. The standard InChI is InChI=1S/C24H24N4O2S/c1-24(2,3)18-11-9-17(10-12-18)21-19(13-25)22(30)28-23(27-21)31-15-20(29)26-14-16-7-5-4-6-8-16/h4-12H,14-15H2,1-3H3,(H,26,29)(H,27,28,30). The van der Waals surface area contributed by atoms with Gasteiger partial charge in [-0.1, -0.05) is 87.1 Å². The molecule has 6 nitrogen and oxygen atoms in total. The maximum atomic E-state index is 12.4. The number of aromatic amines is 1. The number of aromatic nitrogens is 2. The van der Waals surface area contributed by atoms with Crippen molar-refractivity contribution in [2.45, 2.75) is 37.9 Å². The molecule has 0 radical (unpaired) electrons. The summed E-state index contributed by atoms with van der Waals surface area (Å²) in [6, 6.07) is 19.2. The number of nitrogens with one attached hydrogen (secondary N) is 2. The van der Waals surface area contributed by atoms with Gasteiger partial charge >= 0.3 is 0 Å². The van der Waals surface area contributed by atoms with Crippen LogP contribution in [0.15, 0.2) is 64.5 Å². The number of carbonyl (C=O) groups excluding carboxylic acids is 1. The summed E-state index contributed by atoms with van der Waals surface area (Å²) >= 11 is 1.13. The highest BCUT2D eigenvalue weighted by Gasteiger charge is 2.17. The quantitative estimate of drug-likeness (QED) is 0.453. The van der Waals surface area contributed by atoms with Crippen LogP contribution in [0.5, 0.6) is 0 Å². The van der Waals surface area contributed by atoms with Crippen LogP contribution in [-0.2, 0) is 16.8 Å². The third kappa shape index (κ3) is 5.83. The van der Waals surface area contributed by atoms with Crippen LogP contribution in [0, 0.1) is 11.3 Å². The van der Waals surface area contributed by atoms with Crippen LogP contribution in [0.1, 0.15) is 37.5 Å². The Morgan fingerprint density at radius 1 is 1.13 bits per heavy atom. The second-order valence-corrected chi connectivity index (χ2v) is 9.05. The first kappa shape index (κ1) is 22.3. The molecule has 1 heterocycles. The lowest BCUT2D eigenvalue weighted by molar-refractivity contribution is -0.118. The van der Waals surface area contributed by atoms with Crippen molar-refractivity contribution < 1.29 is 4.79 Å². The van der Waals surface area contributed by atoms with Crippen molar-refractivity contribution in [1.82, 2.24) is 15.3 Å². The highest BCUT2D eigenvalue weighted by molar-refractivity contribution is 7.99. The first-order valence-corrected chi connectivity index (χ1v) is 10.9. The zero-order valence-electron chi connectivity index (χ0n) is 17.7. The molecule has 1 amide bonds. The van der Waals surface area contributed by atoms with Crippen molar-refractivity contribution >= 4 is 17.7 Å². The average molecular weight is 433 g/mol. The summed E-state index contributed by atoms with van der Waals surface area (Å²) in [7, 11) is 0. The second kappa shape index (κ2) is 9.63. The van der Waals surface area contributed by atoms with E-state index in [0.29, 0.717) is 23.0 Å². The summed E-state index contributed by atoms with van der Waals surface area (Å²) in [6.07, 6.45) is 0. The Morgan fingerprint density at radius 3 is 2.42 bits per heavy atom. The monoisotopic (exact) mass is 432 g/mol. The Hall–Kier alpha value is -3.37. The number of H-pyrrole nitrogens is 1. The van der Waals surface area contributed by atoms with E-state index in [9.17, 15) is 14.9 Å². The van der Waals surface area contributed by atoms with E-state index in [0.717, 1.165) is 22.9 Å². The first-order valence-electron chi connectivity index (χ1n) is 9.86. The average Bonchev–Trinajstić information content (AvgIpc) is 2.76. The van der Waals surface area contributed by atoms with Gasteiger partial charge in [0.2, 0.25) is 5.91 Å². The van der Waals surface area contributed by atoms with E-state index >= 15 is 0 Å². The molecular weight excluding hydrogens is 408 g/mol. The molecule has 2 N–H and O–H groups in total. The van der Waals surface area contributed by atoms with Crippen LogP contribution < -0.4 is 10.9 Å². The lowest BCUT2D eigenvalue weighted by atomic mass is 9.86. The molecule has 31 heavy (non-hydrogen) atoms. The van der Waals surface area contributed by atoms with E-state index < -0.39 is 5.56 Å². The number of nitriles is 1. The summed E-state index contributed by atoms with van der Waals surface area (Å²) in [5.41, 5.74) is 2.59. The minimum atomic E-state index is -0.514. The summed E-state index contributed by atoms with van der Waals surface area (Å²) < 4.78 is 0. The number of hydrogen-bond donors (Lipinski definition) is 2. The molecule has 7 heteroatoms. The minimum Gasteiger partial charge on any atom is -0.351 e. The van der Waals surface area contributed by atoms with Crippen molar-refractivity contribution in [2.75, 3.05) is 5.75 Å². The number of thioether (sulfide) groups is 1. The number of rotatable bonds is 6. The second-order valence-electron chi connectivity index (χ2n) is 8.08. The maximum absolute atomic E-state index is 12.4. The van der Waals surface area contributed by atoms with Crippen LogP contribution in [0.3, 0.4) is 0 Å². The van der Waals surface area contributed by atoms with Crippen molar-refractivity contribution in [1.29, 1.82) is 5.26 Å². The molecule has 2 aromatic carbocycles. The predicted octanol–water partition coefficient (Wildman–Crippen LogP) is 4.01. The number of nitrogens with zero attached hydrogens (tertiary/aromatic N) is 2. The number of benzene rings is 2. The van der Waals surface area contributed by atoms with Gasteiger partial charge in [0, 0.05) is 12.1 Å². The molecule has 1 aromatic heterocycles. The Labute approximate surface area is 185 Å². The molecule has 0 atom stereocenters. The van der Waals surface area contributed by atoms with E-state index in [1.807, 2.05) is 60.7 Å². The van der Waals surface area contributed by atoms with Crippen molar-refractivity contribution in [3.63, 3.8) is 0 Å². The highest BCUT2D eigenvalue weighted by atomic mass is 32.2. The van der Waals surface area contributed by atoms with Crippen molar-refractivity contribution in [2.24, 2.45) is 0 Å². The first-order chi connectivity index (χ1) is 14.8. The van der Waals surface area contributed by atoms with E-state index in [1.54, 1.807) is 0 Å². The smallest absolute Gasteiger partial charge is 0.270 e. The fourth-order valence-corrected chi connectivity index (χ4v) is 3.63. The van der Waals surface area contributed by atoms with Crippen LogP contribution in [-0.4, -0.2) is 21.6 Å². The lowest BCUT2D eigenvalue weighted by Gasteiger charge is -2.19. The number of amides is 1. The minimum absolute atomic E-state index is 0.00764.